The summed E-state index contributed by atoms with van der Waals surface area (Å²) in [6.07, 6.45) is 1.34. The first-order valence-corrected chi connectivity index (χ1v) is 10.2. The first-order chi connectivity index (χ1) is 14.4. The van der Waals surface area contributed by atoms with Gasteiger partial charge in [-0.1, -0.05) is 17.7 Å². The third kappa shape index (κ3) is 5.31. The van der Waals surface area contributed by atoms with Crippen molar-refractivity contribution >= 4 is 39.9 Å². The normalized spacial score (nSPS) is 10.6. The van der Waals surface area contributed by atoms with Gasteiger partial charge < -0.3 is 9.30 Å². The Bertz CT molecular complexity index is 1120. The van der Waals surface area contributed by atoms with Crippen LogP contribution in [0.4, 0.5) is 9.52 Å². The second kappa shape index (κ2) is 9.64. The maximum atomic E-state index is 14.0. The number of amides is 1. The average molecular weight is 450 g/mol. The van der Waals surface area contributed by atoms with E-state index in [4.69, 9.17) is 16.3 Å². The zero-order chi connectivity index (χ0) is 21.7. The Morgan fingerprint density at radius 2 is 2.10 bits per heavy atom. The standard InChI is InChI=1S/C20H17ClFN3O4S/c1-2-29-18(27)8-13-11-30-20(23-13)24-19(28)12-6-7-17(26)25(9-12)10-14-15(21)4-3-5-16(14)22/h3-7,9,11H,2,8,10H2,1H3,(H,23,24,28). The molecule has 1 N–H and O–H groups in total. The lowest BCUT2D eigenvalue weighted by atomic mass is 10.2. The summed E-state index contributed by atoms with van der Waals surface area (Å²) in [6.45, 7) is 1.87. The van der Waals surface area contributed by atoms with Crippen LogP contribution in [0.2, 0.25) is 5.02 Å². The van der Waals surface area contributed by atoms with Crippen LogP contribution < -0.4 is 10.9 Å². The number of thiazole rings is 1. The molecule has 0 atom stereocenters. The van der Waals surface area contributed by atoms with Crippen molar-refractivity contribution in [3.63, 3.8) is 0 Å². The first kappa shape index (κ1) is 21.7. The zero-order valence-electron chi connectivity index (χ0n) is 15.9. The molecule has 7 nitrogen and oxygen atoms in total. The highest BCUT2D eigenvalue weighted by atomic mass is 35.5. The highest BCUT2D eigenvalue weighted by Gasteiger charge is 2.14. The van der Waals surface area contributed by atoms with E-state index in [9.17, 15) is 18.8 Å². The fourth-order valence-electron chi connectivity index (χ4n) is 2.62. The number of benzene rings is 1. The van der Waals surface area contributed by atoms with Crippen molar-refractivity contribution in [2.24, 2.45) is 0 Å². The van der Waals surface area contributed by atoms with Crippen LogP contribution >= 0.6 is 22.9 Å². The lowest BCUT2D eigenvalue weighted by Crippen LogP contribution is -2.23. The van der Waals surface area contributed by atoms with Crippen LogP contribution in [0.25, 0.3) is 0 Å². The van der Waals surface area contributed by atoms with Crippen LogP contribution in [0.15, 0.2) is 46.7 Å². The number of nitrogens with one attached hydrogen (secondary N) is 1. The van der Waals surface area contributed by atoms with Gasteiger partial charge >= 0.3 is 5.97 Å². The Kier molecular flexibility index (Phi) is 6.96. The number of carbonyl (C=O) groups is 2. The van der Waals surface area contributed by atoms with E-state index in [0.717, 1.165) is 11.3 Å². The number of nitrogens with zero attached hydrogens (tertiary/aromatic N) is 2. The van der Waals surface area contributed by atoms with E-state index >= 15 is 0 Å². The fraction of sp³-hybridized carbons (Fsp3) is 0.200. The molecule has 0 radical (unpaired) electrons. The van der Waals surface area contributed by atoms with E-state index in [2.05, 4.69) is 10.3 Å². The molecule has 0 aliphatic carbocycles. The highest BCUT2D eigenvalue weighted by Crippen LogP contribution is 2.20. The van der Waals surface area contributed by atoms with Crippen molar-refractivity contribution in [3.05, 3.63) is 79.9 Å². The monoisotopic (exact) mass is 449 g/mol. The Labute approximate surface area is 180 Å². The summed E-state index contributed by atoms with van der Waals surface area (Å²) in [6, 6.07) is 6.83. The third-order valence-corrected chi connectivity index (χ3v) is 5.20. The van der Waals surface area contributed by atoms with Gasteiger partial charge in [0.15, 0.2) is 5.13 Å². The van der Waals surface area contributed by atoms with Crippen molar-refractivity contribution < 1.29 is 18.7 Å². The van der Waals surface area contributed by atoms with Gasteiger partial charge in [0.1, 0.15) is 5.82 Å². The summed E-state index contributed by atoms with van der Waals surface area (Å²) in [7, 11) is 0. The Morgan fingerprint density at radius 3 is 2.83 bits per heavy atom. The quantitative estimate of drug-likeness (QED) is 0.557. The maximum absolute atomic E-state index is 14.0. The number of aromatic nitrogens is 2. The van der Waals surface area contributed by atoms with Crippen molar-refractivity contribution in [1.82, 2.24) is 9.55 Å². The van der Waals surface area contributed by atoms with Gasteiger partial charge in [-0.2, -0.15) is 0 Å². The highest BCUT2D eigenvalue weighted by molar-refractivity contribution is 7.14. The summed E-state index contributed by atoms with van der Waals surface area (Å²) in [5.41, 5.74) is 0.413. The summed E-state index contributed by atoms with van der Waals surface area (Å²) in [5.74, 6) is -1.44. The van der Waals surface area contributed by atoms with Gasteiger partial charge in [-0.15, -0.1) is 11.3 Å². The smallest absolute Gasteiger partial charge is 0.311 e. The van der Waals surface area contributed by atoms with Gasteiger partial charge in [-0.3, -0.25) is 19.7 Å². The van der Waals surface area contributed by atoms with Gasteiger partial charge in [0.2, 0.25) is 0 Å². The number of ether oxygens (including phenoxy) is 1. The van der Waals surface area contributed by atoms with Gasteiger partial charge in [-0.25, -0.2) is 9.37 Å². The van der Waals surface area contributed by atoms with E-state index in [1.807, 2.05) is 0 Å². The number of carbonyl (C=O) groups excluding carboxylic acids is 2. The van der Waals surface area contributed by atoms with Crippen LogP contribution in [0.1, 0.15) is 28.5 Å². The van der Waals surface area contributed by atoms with E-state index < -0.39 is 23.3 Å². The summed E-state index contributed by atoms with van der Waals surface area (Å²) < 4.78 is 20.1. The molecule has 30 heavy (non-hydrogen) atoms. The number of halogens is 2. The van der Waals surface area contributed by atoms with Crippen molar-refractivity contribution in [1.29, 1.82) is 0 Å². The van der Waals surface area contributed by atoms with E-state index in [1.54, 1.807) is 12.3 Å². The molecule has 0 saturated heterocycles. The zero-order valence-corrected chi connectivity index (χ0v) is 17.4. The SMILES string of the molecule is CCOC(=O)Cc1csc(NC(=O)c2ccc(=O)n(Cc3c(F)cccc3Cl)c2)n1. The molecule has 1 aromatic carbocycles. The molecular weight excluding hydrogens is 433 g/mol. The largest absolute Gasteiger partial charge is 0.466 e. The predicted molar refractivity (Wildman–Crippen MR) is 112 cm³/mol. The molecule has 0 spiro atoms. The molecule has 2 heterocycles. The molecule has 10 heteroatoms. The van der Waals surface area contributed by atoms with Gasteiger partial charge in [0.05, 0.1) is 30.8 Å². The van der Waals surface area contributed by atoms with Crippen LogP contribution in [-0.4, -0.2) is 28.0 Å². The molecule has 156 valence electrons. The molecule has 3 aromatic rings. The molecule has 3 rings (SSSR count). The van der Waals surface area contributed by atoms with Crippen LogP contribution in [0.3, 0.4) is 0 Å². The molecule has 0 bridgehead atoms. The Morgan fingerprint density at radius 1 is 1.30 bits per heavy atom. The fourth-order valence-corrected chi connectivity index (χ4v) is 3.55. The molecule has 0 fully saturated rings. The maximum Gasteiger partial charge on any atom is 0.311 e. The van der Waals surface area contributed by atoms with E-state index in [0.29, 0.717) is 10.8 Å². The Hall–Kier alpha value is -3.04. The molecule has 0 unspecified atom stereocenters. The summed E-state index contributed by atoms with van der Waals surface area (Å²) in [5, 5.41) is 4.75. The number of hydrogen-bond donors (Lipinski definition) is 1. The topological polar surface area (TPSA) is 90.3 Å². The minimum absolute atomic E-state index is 0.00842. The molecule has 2 aromatic heterocycles. The Balaban J connectivity index is 1.74. The van der Waals surface area contributed by atoms with Crippen LogP contribution in [-0.2, 0) is 22.5 Å². The average Bonchev–Trinajstić information content (AvgIpc) is 3.12. The van der Waals surface area contributed by atoms with Crippen molar-refractivity contribution in [2.75, 3.05) is 11.9 Å². The summed E-state index contributed by atoms with van der Waals surface area (Å²) >= 11 is 7.19. The van der Waals surface area contributed by atoms with E-state index in [1.165, 1.54) is 41.1 Å². The van der Waals surface area contributed by atoms with Crippen LogP contribution in [0, 0.1) is 5.82 Å². The van der Waals surface area contributed by atoms with Crippen LogP contribution in [0.5, 0.6) is 0 Å². The number of anilines is 1. The molecule has 0 saturated carbocycles. The lowest BCUT2D eigenvalue weighted by molar-refractivity contribution is -0.142. The summed E-state index contributed by atoms with van der Waals surface area (Å²) in [4.78, 5) is 40.4. The number of hydrogen-bond acceptors (Lipinski definition) is 6. The van der Waals surface area contributed by atoms with E-state index in [-0.39, 0.29) is 35.7 Å². The molecular formula is C20H17ClFN3O4S. The number of esters is 1. The van der Waals surface area contributed by atoms with Crippen molar-refractivity contribution in [2.45, 2.75) is 19.9 Å². The minimum Gasteiger partial charge on any atom is -0.466 e. The lowest BCUT2D eigenvalue weighted by Gasteiger charge is -2.10. The first-order valence-electron chi connectivity index (χ1n) is 8.92. The van der Waals surface area contributed by atoms with Gasteiger partial charge in [-0.05, 0) is 25.1 Å². The van der Waals surface area contributed by atoms with Crippen molar-refractivity contribution in [3.8, 4) is 0 Å². The second-order valence-corrected chi connectivity index (χ2v) is 7.43. The molecule has 1 amide bonds. The molecule has 0 aliphatic heterocycles. The minimum atomic E-state index is -0.541. The number of rotatable bonds is 7. The number of pyridine rings is 1. The van der Waals surface area contributed by atoms with Gasteiger partial charge in [0, 0.05) is 28.2 Å². The third-order valence-electron chi connectivity index (χ3n) is 4.04. The molecule has 0 aliphatic rings. The second-order valence-electron chi connectivity index (χ2n) is 6.16. The predicted octanol–water partition coefficient (Wildman–Crippen LogP) is 3.50. The van der Waals surface area contributed by atoms with Gasteiger partial charge in [0.25, 0.3) is 11.5 Å².